The molecule has 0 bridgehead atoms. The van der Waals surface area contributed by atoms with E-state index in [0.29, 0.717) is 5.69 Å². The van der Waals surface area contributed by atoms with Crippen molar-refractivity contribution in [3.8, 4) is 0 Å². The van der Waals surface area contributed by atoms with Gasteiger partial charge < -0.3 is 15.8 Å². The molecule has 18 heavy (non-hydrogen) atoms. The first-order valence-corrected chi connectivity index (χ1v) is 5.75. The summed E-state index contributed by atoms with van der Waals surface area (Å²) in [6.45, 7) is 5.71. The van der Waals surface area contributed by atoms with E-state index < -0.39 is 17.9 Å². The highest BCUT2D eigenvalue weighted by atomic mass is 16.5. The van der Waals surface area contributed by atoms with E-state index in [1.807, 2.05) is 32.0 Å². The Bertz CT molecular complexity index is 437. The molecule has 1 unspecified atom stereocenters. The second kappa shape index (κ2) is 6.16. The Labute approximate surface area is 106 Å². The fourth-order valence-corrected chi connectivity index (χ4v) is 1.61. The van der Waals surface area contributed by atoms with Crippen LogP contribution < -0.4 is 11.1 Å². The Kier molecular flexibility index (Phi) is 4.85. The molecule has 0 aliphatic heterocycles. The predicted molar refractivity (Wildman–Crippen MR) is 69.2 cm³/mol. The van der Waals surface area contributed by atoms with Crippen LogP contribution in [0.25, 0.3) is 0 Å². The predicted octanol–water partition coefficient (Wildman–Crippen LogP) is 1.13. The fraction of sp³-hybridized carbons (Fsp3) is 0.385. The number of hydrogen-bond donors (Lipinski definition) is 2. The Morgan fingerprint density at radius 2 is 1.83 bits per heavy atom. The van der Waals surface area contributed by atoms with E-state index in [-0.39, 0.29) is 6.61 Å². The monoisotopic (exact) mass is 250 g/mol. The van der Waals surface area contributed by atoms with Crippen molar-refractivity contribution < 1.29 is 14.3 Å². The summed E-state index contributed by atoms with van der Waals surface area (Å²) < 4.78 is 4.69. The maximum absolute atomic E-state index is 11.7. The first-order chi connectivity index (χ1) is 8.43. The number of benzene rings is 1. The Morgan fingerprint density at radius 1 is 1.28 bits per heavy atom. The van der Waals surface area contributed by atoms with Crippen LogP contribution >= 0.6 is 0 Å². The molecule has 5 heteroatoms. The molecular weight excluding hydrogens is 232 g/mol. The van der Waals surface area contributed by atoms with E-state index in [2.05, 4.69) is 10.1 Å². The minimum atomic E-state index is -1.30. The van der Waals surface area contributed by atoms with Crippen molar-refractivity contribution in [2.24, 2.45) is 5.73 Å². The molecule has 1 aromatic rings. The van der Waals surface area contributed by atoms with Gasteiger partial charge in [0, 0.05) is 5.69 Å². The molecule has 0 saturated heterocycles. The van der Waals surface area contributed by atoms with Crippen LogP contribution in [0.3, 0.4) is 0 Å². The molecule has 0 aliphatic rings. The van der Waals surface area contributed by atoms with Crippen LogP contribution in [0.4, 0.5) is 5.69 Å². The molecule has 0 heterocycles. The second-order valence-electron chi connectivity index (χ2n) is 4.10. The molecule has 98 valence electrons. The van der Waals surface area contributed by atoms with Gasteiger partial charge in [0.1, 0.15) is 0 Å². The highest BCUT2D eigenvalue weighted by molar-refractivity contribution is 6.08. The molecule has 3 N–H and O–H groups in total. The largest absolute Gasteiger partial charge is 0.464 e. The Morgan fingerprint density at radius 3 is 2.33 bits per heavy atom. The van der Waals surface area contributed by atoms with Gasteiger partial charge in [-0.3, -0.25) is 4.79 Å². The normalized spacial score (nSPS) is 11.8. The lowest BCUT2D eigenvalue weighted by molar-refractivity contribution is -0.146. The van der Waals surface area contributed by atoms with Gasteiger partial charge in [-0.15, -0.1) is 0 Å². The smallest absolute Gasteiger partial charge is 0.332 e. The van der Waals surface area contributed by atoms with Crippen molar-refractivity contribution in [3.05, 3.63) is 29.3 Å². The molecular formula is C13H18N2O3. The third-order valence-electron chi connectivity index (χ3n) is 2.31. The summed E-state index contributed by atoms with van der Waals surface area (Å²) in [6.07, 6.45) is 0. The van der Waals surface area contributed by atoms with Gasteiger partial charge in [-0.05, 0) is 44.0 Å². The average molecular weight is 250 g/mol. The first-order valence-electron chi connectivity index (χ1n) is 5.75. The van der Waals surface area contributed by atoms with Crippen molar-refractivity contribution in [1.29, 1.82) is 0 Å². The minimum absolute atomic E-state index is 0.198. The van der Waals surface area contributed by atoms with E-state index in [4.69, 9.17) is 5.73 Å². The first kappa shape index (κ1) is 14.2. The number of aryl methyl sites for hydroxylation is 2. The molecule has 0 radical (unpaired) electrons. The van der Waals surface area contributed by atoms with E-state index in [0.717, 1.165) is 11.1 Å². The maximum Gasteiger partial charge on any atom is 0.332 e. The number of rotatable bonds is 4. The van der Waals surface area contributed by atoms with Gasteiger partial charge in [-0.2, -0.15) is 0 Å². The molecule has 0 spiro atoms. The van der Waals surface area contributed by atoms with Crippen LogP contribution in [0.15, 0.2) is 18.2 Å². The summed E-state index contributed by atoms with van der Waals surface area (Å²) in [5, 5.41) is 2.60. The van der Waals surface area contributed by atoms with E-state index in [9.17, 15) is 9.59 Å². The number of carbonyl (C=O) groups is 2. The lowest BCUT2D eigenvalue weighted by Crippen LogP contribution is -2.43. The molecule has 0 fully saturated rings. The Balaban J connectivity index is 2.72. The molecule has 0 saturated carbocycles. The zero-order valence-corrected chi connectivity index (χ0v) is 10.8. The van der Waals surface area contributed by atoms with Gasteiger partial charge in [-0.1, -0.05) is 6.07 Å². The van der Waals surface area contributed by atoms with E-state index in [1.54, 1.807) is 6.92 Å². The number of nitrogens with two attached hydrogens (primary N) is 1. The van der Waals surface area contributed by atoms with Crippen molar-refractivity contribution in [2.75, 3.05) is 11.9 Å². The quantitative estimate of drug-likeness (QED) is 0.620. The van der Waals surface area contributed by atoms with E-state index >= 15 is 0 Å². The number of carbonyl (C=O) groups excluding carboxylic acids is 2. The lowest BCUT2D eigenvalue weighted by Gasteiger charge is -2.12. The highest BCUT2D eigenvalue weighted by Gasteiger charge is 2.23. The highest BCUT2D eigenvalue weighted by Crippen LogP contribution is 2.13. The minimum Gasteiger partial charge on any atom is -0.464 e. The van der Waals surface area contributed by atoms with Gasteiger partial charge in [0.05, 0.1) is 6.61 Å². The summed E-state index contributed by atoms with van der Waals surface area (Å²) in [6, 6.07) is 4.30. The summed E-state index contributed by atoms with van der Waals surface area (Å²) in [4.78, 5) is 23.0. The van der Waals surface area contributed by atoms with Gasteiger partial charge in [0.25, 0.3) is 5.91 Å². The number of hydrogen-bond acceptors (Lipinski definition) is 4. The van der Waals surface area contributed by atoms with Crippen LogP contribution in [0.5, 0.6) is 0 Å². The summed E-state index contributed by atoms with van der Waals surface area (Å²) in [5.41, 5.74) is 8.15. The third-order valence-corrected chi connectivity index (χ3v) is 2.31. The third kappa shape index (κ3) is 3.85. The van der Waals surface area contributed by atoms with E-state index in [1.165, 1.54) is 0 Å². The van der Waals surface area contributed by atoms with Crippen molar-refractivity contribution in [3.63, 3.8) is 0 Å². The van der Waals surface area contributed by atoms with Crippen molar-refractivity contribution in [1.82, 2.24) is 0 Å². The molecule has 5 nitrogen and oxygen atoms in total. The molecule has 1 amide bonds. The molecule has 0 aromatic heterocycles. The standard InChI is InChI=1S/C13H18N2O3/c1-4-18-13(17)11(14)12(16)15-10-6-8(2)5-9(3)7-10/h5-7,11H,4,14H2,1-3H3,(H,15,16). The van der Waals surface area contributed by atoms with Crippen LogP contribution in [0.1, 0.15) is 18.1 Å². The average Bonchev–Trinajstić information content (AvgIpc) is 2.26. The van der Waals surface area contributed by atoms with Gasteiger partial charge in [0.2, 0.25) is 0 Å². The zero-order valence-electron chi connectivity index (χ0n) is 10.8. The topological polar surface area (TPSA) is 81.4 Å². The SMILES string of the molecule is CCOC(=O)C(N)C(=O)Nc1cc(C)cc(C)c1. The Hall–Kier alpha value is -1.88. The maximum atomic E-state index is 11.7. The van der Waals surface area contributed by atoms with Crippen molar-refractivity contribution in [2.45, 2.75) is 26.8 Å². The van der Waals surface area contributed by atoms with Crippen LogP contribution in [-0.2, 0) is 14.3 Å². The number of anilines is 1. The zero-order chi connectivity index (χ0) is 13.7. The number of nitrogens with one attached hydrogen (secondary N) is 1. The number of esters is 1. The lowest BCUT2D eigenvalue weighted by atomic mass is 10.1. The molecule has 1 rings (SSSR count). The van der Waals surface area contributed by atoms with Gasteiger partial charge in [0.15, 0.2) is 6.04 Å². The molecule has 0 aliphatic carbocycles. The second-order valence-corrected chi connectivity index (χ2v) is 4.10. The van der Waals surface area contributed by atoms with Crippen molar-refractivity contribution >= 4 is 17.6 Å². The van der Waals surface area contributed by atoms with Crippen LogP contribution in [0, 0.1) is 13.8 Å². The van der Waals surface area contributed by atoms with Crippen LogP contribution in [-0.4, -0.2) is 24.5 Å². The summed E-state index contributed by atoms with van der Waals surface area (Å²) in [5.74, 6) is -1.29. The number of ether oxygens (including phenoxy) is 1. The van der Waals surface area contributed by atoms with Gasteiger partial charge in [-0.25, -0.2) is 4.79 Å². The van der Waals surface area contributed by atoms with Gasteiger partial charge >= 0.3 is 5.97 Å². The fourth-order valence-electron chi connectivity index (χ4n) is 1.61. The molecule has 1 atom stereocenters. The number of amides is 1. The molecule has 1 aromatic carbocycles. The van der Waals surface area contributed by atoms with Crippen LogP contribution in [0.2, 0.25) is 0 Å². The summed E-state index contributed by atoms with van der Waals surface area (Å²) >= 11 is 0. The summed E-state index contributed by atoms with van der Waals surface area (Å²) in [7, 11) is 0.